The average Bonchev–Trinajstić information content (AvgIpc) is 2.40. The first-order chi connectivity index (χ1) is 8.65. The van der Waals surface area contributed by atoms with E-state index in [1.807, 2.05) is 11.8 Å². The Morgan fingerprint density at radius 3 is 3.11 bits per heavy atom. The van der Waals surface area contributed by atoms with Crippen LogP contribution in [0.15, 0.2) is 10.7 Å². The Hall–Kier alpha value is -0.920. The van der Waals surface area contributed by atoms with E-state index in [1.165, 1.54) is 0 Å². The molecule has 0 aromatic carbocycles. The number of halogens is 1. The van der Waals surface area contributed by atoms with Gasteiger partial charge in [0.2, 0.25) is 11.8 Å². The van der Waals surface area contributed by atoms with Gasteiger partial charge in [0.15, 0.2) is 0 Å². The molecular weight excluding hydrogens is 302 g/mol. The monoisotopic (exact) mass is 317 g/mol. The van der Waals surface area contributed by atoms with Crippen molar-refractivity contribution in [3.63, 3.8) is 0 Å². The Morgan fingerprint density at radius 1 is 1.67 bits per heavy atom. The summed E-state index contributed by atoms with van der Waals surface area (Å²) < 4.78 is 11.4. The number of aromatic nitrogens is 2. The van der Waals surface area contributed by atoms with E-state index >= 15 is 0 Å². The number of methoxy groups -OCH3 is 1. The van der Waals surface area contributed by atoms with Crippen LogP contribution >= 0.6 is 15.9 Å². The highest BCUT2D eigenvalue weighted by Gasteiger charge is 2.28. The third-order valence-corrected chi connectivity index (χ3v) is 3.40. The lowest BCUT2D eigenvalue weighted by molar-refractivity contribution is -0.0108. The van der Waals surface area contributed by atoms with Crippen LogP contribution in [0, 0.1) is 0 Å². The second kappa shape index (κ2) is 5.81. The smallest absolute Gasteiger partial charge is 0.232 e. The molecule has 1 aliphatic heterocycles. The Bertz CT molecular complexity index is 419. The van der Waals surface area contributed by atoms with E-state index in [2.05, 4.69) is 25.9 Å². The van der Waals surface area contributed by atoms with E-state index in [0.717, 1.165) is 0 Å². The number of morpholine rings is 1. The van der Waals surface area contributed by atoms with E-state index in [9.17, 15) is 0 Å². The molecule has 2 unspecified atom stereocenters. The van der Waals surface area contributed by atoms with Crippen LogP contribution in [0.25, 0.3) is 0 Å². The van der Waals surface area contributed by atoms with Crippen molar-refractivity contribution in [2.75, 3.05) is 31.8 Å². The van der Waals surface area contributed by atoms with Crippen LogP contribution in [0.2, 0.25) is 0 Å². The van der Waals surface area contributed by atoms with Gasteiger partial charge in [-0.2, -0.15) is 4.98 Å². The number of hydrogen-bond acceptors (Lipinski definition) is 6. The topological polar surface area (TPSA) is 67.7 Å². The normalized spacial score (nSPS) is 24.1. The molecule has 0 amide bonds. The minimum atomic E-state index is -0.195. The molecule has 1 aliphatic rings. The first kappa shape index (κ1) is 13.5. The Morgan fingerprint density at radius 2 is 2.44 bits per heavy atom. The lowest BCUT2D eigenvalue weighted by Gasteiger charge is -2.37. The van der Waals surface area contributed by atoms with E-state index in [1.54, 1.807) is 13.3 Å². The molecule has 1 N–H and O–H groups in total. The maximum Gasteiger partial charge on any atom is 0.232 e. The summed E-state index contributed by atoms with van der Waals surface area (Å²) in [6.07, 6.45) is 1.47. The fourth-order valence-electron chi connectivity index (χ4n) is 1.83. The van der Waals surface area contributed by atoms with E-state index in [-0.39, 0.29) is 18.8 Å². The minimum Gasteiger partial charge on any atom is -0.480 e. The molecule has 0 bridgehead atoms. The molecular formula is C11H16BrN3O3. The summed E-state index contributed by atoms with van der Waals surface area (Å²) in [6.45, 7) is 3.15. The molecule has 0 radical (unpaired) electrons. The molecule has 100 valence electrons. The van der Waals surface area contributed by atoms with Crippen molar-refractivity contribution in [2.45, 2.75) is 19.1 Å². The van der Waals surface area contributed by atoms with Crippen molar-refractivity contribution in [3.8, 4) is 5.88 Å². The molecule has 0 spiro atoms. The van der Waals surface area contributed by atoms with Crippen LogP contribution in [0.4, 0.5) is 5.95 Å². The van der Waals surface area contributed by atoms with Gasteiger partial charge >= 0.3 is 0 Å². The number of anilines is 1. The summed E-state index contributed by atoms with van der Waals surface area (Å²) in [4.78, 5) is 10.6. The Kier molecular flexibility index (Phi) is 4.36. The van der Waals surface area contributed by atoms with Crippen LogP contribution in [0.3, 0.4) is 0 Å². The number of hydrogen-bond donors (Lipinski definition) is 1. The van der Waals surface area contributed by atoms with Gasteiger partial charge in [-0.05, 0) is 22.9 Å². The summed E-state index contributed by atoms with van der Waals surface area (Å²) in [5.74, 6) is 1.09. The Labute approximate surface area is 114 Å². The van der Waals surface area contributed by atoms with E-state index < -0.39 is 0 Å². The SMILES string of the molecule is COc1nc(N2CC(CO)OCC2C)ncc1Br. The maximum absolute atomic E-state index is 9.16. The largest absolute Gasteiger partial charge is 0.480 e. The summed E-state index contributed by atoms with van der Waals surface area (Å²) >= 11 is 3.32. The first-order valence-corrected chi connectivity index (χ1v) is 6.50. The summed E-state index contributed by atoms with van der Waals surface area (Å²) in [5.41, 5.74) is 0. The predicted octanol–water partition coefficient (Wildman–Crippen LogP) is 0.834. The highest BCUT2D eigenvalue weighted by molar-refractivity contribution is 9.10. The molecule has 1 aromatic heterocycles. The summed E-state index contributed by atoms with van der Waals surface area (Å²) in [5, 5.41) is 9.16. The molecule has 0 saturated carbocycles. The van der Waals surface area contributed by atoms with Crippen LogP contribution < -0.4 is 9.64 Å². The van der Waals surface area contributed by atoms with Gasteiger partial charge in [0.25, 0.3) is 0 Å². The number of ether oxygens (including phenoxy) is 2. The number of rotatable bonds is 3. The Balaban J connectivity index is 2.23. The van der Waals surface area contributed by atoms with Gasteiger partial charge in [-0.1, -0.05) is 0 Å². The van der Waals surface area contributed by atoms with Gasteiger partial charge in [0, 0.05) is 6.54 Å². The number of aliphatic hydroxyl groups is 1. The minimum absolute atomic E-state index is 0.00309. The van der Waals surface area contributed by atoms with Crippen molar-refractivity contribution in [2.24, 2.45) is 0 Å². The van der Waals surface area contributed by atoms with Crippen LogP contribution in [-0.2, 0) is 4.74 Å². The summed E-state index contributed by atoms with van der Waals surface area (Å²) in [6, 6.07) is 0.165. The van der Waals surface area contributed by atoms with Gasteiger partial charge in [-0.15, -0.1) is 0 Å². The number of aliphatic hydroxyl groups excluding tert-OH is 1. The lowest BCUT2D eigenvalue weighted by atomic mass is 10.2. The molecule has 7 heteroatoms. The van der Waals surface area contributed by atoms with Crippen molar-refractivity contribution in [1.82, 2.24) is 9.97 Å². The fourth-order valence-corrected chi connectivity index (χ4v) is 2.18. The molecule has 6 nitrogen and oxygen atoms in total. The second-order valence-electron chi connectivity index (χ2n) is 4.17. The highest BCUT2D eigenvalue weighted by Crippen LogP contribution is 2.25. The van der Waals surface area contributed by atoms with Gasteiger partial charge in [-0.3, -0.25) is 0 Å². The average molecular weight is 318 g/mol. The van der Waals surface area contributed by atoms with Crippen molar-refractivity contribution < 1.29 is 14.6 Å². The van der Waals surface area contributed by atoms with Crippen molar-refractivity contribution in [3.05, 3.63) is 10.7 Å². The zero-order chi connectivity index (χ0) is 13.1. The van der Waals surface area contributed by atoms with Crippen molar-refractivity contribution >= 4 is 21.9 Å². The molecule has 2 heterocycles. The van der Waals surface area contributed by atoms with E-state index in [0.29, 0.717) is 29.5 Å². The molecule has 1 aromatic rings. The third-order valence-electron chi connectivity index (χ3n) is 2.86. The van der Waals surface area contributed by atoms with Crippen LogP contribution in [0.1, 0.15) is 6.92 Å². The zero-order valence-corrected chi connectivity index (χ0v) is 11.9. The molecule has 1 saturated heterocycles. The summed E-state index contributed by atoms with van der Waals surface area (Å²) in [7, 11) is 1.57. The third kappa shape index (κ3) is 2.73. The van der Waals surface area contributed by atoms with Crippen molar-refractivity contribution in [1.29, 1.82) is 0 Å². The van der Waals surface area contributed by atoms with Gasteiger partial charge in [0.05, 0.1) is 43.1 Å². The van der Waals surface area contributed by atoms with E-state index in [4.69, 9.17) is 14.6 Å². The quantitative estimate of drug-likeness (QED) is 0.890. The highest BCUT2D eigenvalue weighted by atomic mass is 79.9. The van der Waals surface area contributed by atoms with Crippen LogP contribution in [0.5, 0.6) is 5.88 Å². The molecule has 1 fully saturated rings. The van der Waals surface area contributed by atoms with Gasteiger partial charge in [0.1, 0.15) is 0 Å². The number of nitrogens with zero attached hydrogens (tertiary/aromatic N) is 3. The molecule has 0 aliphatic carbocycles. The fraction of sp³-hybridized carbons (Fsp3) is 0.636. The standard InChI is InChI=1S/C11H16BrN3O3/c1-7-6-18-8(5-16)4-15(7)11-13-3-9(12)10(14-11)17-2/h3,7-8,16H,4-6H2,1-2H3. The molecule has 2 rings (SSSR count). The zero-order valence-electron chi connectivity index (χ0n) is 10.3. The first-order valence-electron chi connectivity index (χ1n) is 5.71. The molecule has 2 atom stereocenters. The second-order valence-corrected chi connectivity index (χ2v) is 5.02. The maximum atomic E-state index is 9.16. The molecule has 18 heavy (non-hydrogen) atoms. The van der Waals surface area contributed by atoms with Gasteiger partial charge < -0.3 is 19.5 Å². The van der Waals surface area contributed by atoms with Gasteiger partial charge in [-0.25, -0.2) is 4.98 Å². The van der Waals surface area contributed by atoms with Crippen LogP contribution in [-0.4, -0.2) is 54.1 Å². The predicted molar refractivity (Wildman–Crippen MR) is 69.9 cm³/mol. The lowest BCUT2D eigenvalue weighted by Crippen LogP contribution is -2.50.